The molecule has 7 rings (SSSR count). The van der Waals surface area contributed by atoms with Crippen molar-refractivity contribution < 1.29 is 23.2 Å². The van der Waals surface area contributed by atoms with Crippen LogP contribution in [0.1, 0.15) is 79.1 Å². The molecule has 5 aromatic rings. The lowest BCUT2D eigenvalue weighted by molar-refractivity contribution is -0.131. The fourth-order valence-electron chi connectivity index (χ4n) is 6.73. The number of H-pyrrole nitrogens is 1. The summed E-state index contributed by atoms with van der Waals surface area (Å²) in [5.41, 5.74) is 3.14. The molecule has 254 valence electrons. The van der Waals surface area contributed by atoms with Gasteiger partial charge in [-0.25, -0.2) is 4.39 Å². The highest BCUT2D eigenvalue weighted by Crippen LogP contribution is 2.40. The monoisotopic (exact) mass is 666 g/mol. The summed E-state index contributed by atoms with van der Waals surface area (Å²) in [7, 11) is 1.60. The first-order valence-electron chi connectivity index (χ1n) is 16.7. The molecule has 5 heterocycles. The minimum Gasteiger partial charge on any atom is -0.496 e. The van der Waals surface area contributed by atoms with Crippen LogP contribution in [0.2, 0.25) is 0 Å². The van der Waals surface area contributed by atoms with Gasteiger partial charge in [0.2, 0.25) is 11.8 Å². The summed E-state index contributed by atoms with van der Waals surface area (Å²) >= 11 is 0. The summed E-state index contributed by atoms with van der Waals surface area (Å²) in [5, 5.41) is 12.5. The van der Waals surface area contributed by atoms with Crippen molar-refractivity contribution >= 4 is 28.3 Å². The van der Waals surface area contributed by atoms with Crippen molar-refractivity contribution in [3.63, 3.8) is 0 Å². The van der Waals surface area contributed by atoms with E-state index >= 15 is 4.39 Å². The third-order valence-corrected chi connectivity index (χ3v) is 9.46. The predicted octanol–water partition coefficient (Wildman–Crippen LogP) is 5.81. The number of likely N-dealkylation sites (tertiary alicyclic amines) is 1. The quantitative estimate of drug-likeness (QED) is 0.208. The highest BCUT2D eigenvalue weighted by Gasteiger charge is 2.30. The summed E-state index contributed by atoms with van der Waals surface area (Å²) in [6.07, 6.45) is 7.55. The SMILES string of the molecule is COc1ccccc1-c1cc(C2=CCCN(C(=O)CCn3ccnn3)C2)c(F)c2[nH]c(C(=O)N3CCC(c4noc(C(C)C)n4)CC3)cc12. The van der Waals surface area contributed by atoms with Gasteiger partial charge in [-0.05, 0) is 48.6 Å². The van der Waals surface area contributed by atoms with Crippen molar-refractivity contribution in [3.8, 4) is 16.9 Å². The summed E-state index contributed by atoms with van der Waals surface area (Å²) in [4.78, 5) is 38.3. The number of hydrogen-bond donors (Lipinski definition) is 1. The summed E-state index contributed by atoms with van der Waals surface area (Å²) in [6, 6.07) is 11.1. The first-order valence-corrected chi connectivity index (χ1v) is 16.7. The number of nitrogens with zero attached hydrogens (tertiary/aromatic N) is 7. The Morgan fingerprint density at radius 3 is 2.63 bits per heavy atom. The standard InChI is InChI=1S/C36H39FN8O4/c1-22(2)35-40-34(41-49-35)23-10-15-43(16-11-23)36(47)29-20-28-27(25-8-4-5-9-30(25)48-3)19-26(32(37)33(28)39-29)24-7-6-14-44(21-24)31(46)12-17-45-18-13-38-42-45/h4-5,7-9,13,18-20,22-23,39H,6,10-12,14-17,21H2,1-3H3. The van der Waals surface area contributed by atoms with Crippen LogP contribution < -0.4 is 4.74 Å². The maximum atomic E-state index is 16.6. The molecular formula is C36H39FN8O4. The maximum absolute atomic E-state index is 16.6. The van der Waals surface area contributed by atoms with Gasteiger partial charge in [0.1, 0.15) is 11.4 Å². The largest absolute Gasteiger partial charge is 0.496 e. The third-order valence-electron chi connectivity index (χ3n) is 9.46. The fraction of sp³-hybridized carbons (Fsp3) is 0.389. The van der Waals surface area contributed by atoms with Crippen molar-refractivity contribution in [2.24, 2.45) is 0 Å². The number of amides is 2. The minimum absolute atomic E-state index is 0.0382. The van der Waals surface area contributed by atoms with Crippen LogP contribution in [-0.2, 0) is 11.3 Å². The Kier molecular flexibility index (Phi) is 8.98. The van der Waals surface area contributed by atoms with Gasteiger partial charge in [0.05, 0.1) is 25.4 Å². The molecule has 0 saturated carbocycles. The molecule has 1 fully saturated rings. The number of nitrogens with one attached hydrogen (secondary N) is 1. The molecule has 1 saturated heterocycles. The third kappa shape index (κ3) is 6.44. The number of carbonyl (C=O) groups is 2. The van der Waals surface area contributed by atoms with E-state index in [1.54, 1.807) is 40.1 Å². The predicted molar refractivity (Wildman–Crippen MR) is 180 cm³/mol. The molecule has 0 aliphatic carbocycles. The summed E-state index contributed by atoms with van der Waals surface area (Å²) in [5.74, 6) is 1.49. The number of aryl methyl sites for hydroxylation is 1. The van der Waals surface area contributed by atoms with E-state index in [9.17, 15) is 9.59 Å². The van der Waals surface area contributed by atoms with Gasteiger partial charge in [0, 0.05) is 67.1 Å². The molecule has 13 heteroatoms. The van der Waals surface area contributed by atoms with Gasteiger partial charge in [0.15, 0.2) is 11.6 Å². The highest BCUT2D eigenvalue weighted by molar-refractivity contribution is 6.05. The zero-order chi connectivity index (χ0) is 34.1. The molecule has 0 unspecified atom stereocenters. The molecule has 0 atom stereocenters. The number of rotatable bonds is 9. The highest BCUT2D eigenvalue weighted by atomic mass is 19.1. The average molecular weight is 667 g/mol. The van der Waals surface area contributed by atoms with E-state index in [0.29, 0.717) is 85.1 Å². The number of ether oxygens (including phenoxy) is 1. The minimum atomic E-state index is -0.465. The topological polar surface area (TPSA) is 135 Å². The average Bonchev–Trinajstić information content (AvgIpc) is 3.93. The normalized spacial score (nSPS) is 15.7. The number of methoxy groups -OCH3 is 1. The number of benzene rings is 2. The first kappa shape index (κ1) is 32.2. The number of carbonyl (C=O) groups excluding carboxylic acids is 2. The lowest BCUT2D eigenvalue weighted by atomic mass is 9.92. The second-order valence-electron chi connectivity index (χ2n) is 12.9. The van der Waals surface area contributed by atoms with E-state index in [4.69, 9.17) is 9.26 Å². The molecule has 1 N–H and O–H groups in total. The number of hydrogen-bond acceptors (Lipinski definition) is 8. The molecule has 3 aromatic heterocycles. The maximum Gasteiger partial charge on any atom is 0.270 e. The van der Waals surface area contributed by atoms with Crippen molar-refractivity contribution in [2.75, 3.05) is 33.3 Å². The van der Waals surface area contributed by atoms with Gasteiger partial charge in [-0.1, -0.05) is 48.5 Å². The Balaban J connectivity index is 1.18. The van der Waals surface area contributed by atoms with Crippen LogP contribution >= 0.6 is 0 Å². The van der Waals surface area contributed by atoms with E-state index in [0.717, 1.165) is 11.1 Å². The number of halogens is 1. The Hall–Kier alpha value is -5.33. The van der Waals surface area contributed by atoms with Crippen molar-refractivity contribution in [2.45, 2.75) is 57.9 Å². The molecular weight excluding hydrogens is 627 g/mol. The molecule has 2 aromatic carbocycles. The van der Waals surface area contributed by atoms with Crippen LogP contribution in [0.5, 0.6) is 5.75 Å². The first-order chi connectivity index (χ1) is 23.8. The molecule has 0 bridgehead atoms. The van der Waals surface area contributed by atoms with E-state index < -0.39 is 5.82 Å². The van der Waals surface area contributed by atoms with E-state index in [-0.39, 0.29) is 42.1 Å². The van der Waals surface area contributed by atoms with Crippen LogP contribution in [0.4, 0.5) is 4.39 Å². The summed E-state index contributed by atoms with van der Waals surface area (Å²) in [6.45, 7) is 6.29. The Bertz CT molecular complexity index is 2010. The van der Waals surface area contributed by atoms with Crippen LogP contribution in [0.25, 0.3) is 27.6 Å². The lowest BCUT2D eigenvalue weighted by Crippen LogP contribution is -2.38. The lowest BCUT2D eigenvalue weighted by Gasteiger charge is -2.30. The van der Waals surface area contributed by atoms with Gasteiger partial charge in [-0.2, -0.15) is 4.98 Å². The molecule has 12 nitrogen and oxygen atoms in total. The van der Waals surface area contributed by atoms with Crippen LogP contribution in [0.15, 0.2) is 59.4 Å². The summed E-state index contributed by atoms with van der Waals surface area (Å²) < 4.78 is 29.4. The van der Waals surface area contributed by atoms with Gasteiger partial charge in [0.25, 0.3) is 5.91 Å². The number of piperidine rings is 1. The van der Waals surface area contributed by atoms with Gasteiger partial charge in [-0.15, -0.1) is 5.10 Å². The zero-order valence-electron chi connectivity index (χ0n) is 27.9. The zero-order valence-corrected chi connectivity index (χ0v) is 27.9. The number of aromatic amines is 1. The second-order valence-corrected chi connectivity index (χ2v) is 12.9. The molecule has 0 radical (unpaired) electrons. The second kappa shape index (κ2) is 13.7. The number of para-hydroxylation sites is 1. The number of fused-ring (bicyclic) bond motifs is 1. The van der Waals surface area contributed by atoms with E-state index in [1.807, 2.05) is 50.3 Å². The van der Waals surface area contributed by atoms with Crippen LogP contribution in [0.3, 0.4) is 0 Å². The Labute approximate surface area is 282 Å². The van der Waals surface area contributed by atoms with Crippen molar-refractivity contribution in [3.05, 3.63) is 83.7 Å². The molecule has 49 heavy (non-hydrogen) atoms. The van der Waals surface area contributed by atoms with E-state index in [1.165, 1.54) is 0 Å². The fourth-order valence-corrected chi connectivity index (χ4v) is 6.73. The van der Waals surface area contributed by atoms with Gasteiger partial charge < -0.3 is 24.0 Å². The van der Waals surface area contributed by atoms with Crippen LogP contribution in [-0.4, -0.2) is 85.0 Å². The van der Waals surface area contributed by atoms with Gasteiger partial charge in [-0.3, -0.25) is 14.3 Å². The smallest absolute Gasteiger partial charge is 0.270 e. The van der Waals surface area contributed by atoms with Crippen LogP contribution in [0, 0.1) is 5.82 Å². The number of aromatic nitrogens is 6. The van der Waals surface area contributed by atoms with E-state index in [2.05, 4.69) is 25.4 Å². The Morgan fingerprint density at radius 1 is 1.08 bits per heavy atom. The Morgan fingerprint density at radius 2 is 1.90 bits per heavy atom. The molecule has 2 aliphatic rings. The molecule has 2 aliphatic heterocycles. The molecule has 2 amide bonds. The van der Waals surface area contributed by atoms with Crippen molar-refractivity contribution in [1.29, 1.82) is 0 Å². The molecule has 0 spiro atoms. The van der Waals surface area contributed by atoms with Gasteiger partial charge >= 0.3 is 0 Å². The van der Waals surface area contributed by atoms with Crippen molar-refractivity contribution in [1.82, 2.24) is 39.9 Å².